The number of nitrogens with one attached hydrogen (secondary N) is 3. The SMILES string of the molecule is COc1ccc(NC(=O)CCCNS(=O)(=O)c2ccc(C(=N)N)cc2)cc1OC.Cl. The Balaban J connectivity index is 0.00000450. The molecule has 2 aromatic rings. The highest BCUT2D eigenvalue weighted by Gasteiger charge is 2.14. The second-order valence-corrected chi connectivity index (χ2v) is 7.82. The Kier molecular flexibility index (Phi) is 9.57. The summed E-state index contributed by atoms with van der Waals surface area (Å²) in [6.45, 7) is 0.107. The molecule has 0 bridgehead atoms. The first kappa shape index (κ1) is 25.2. The van der Waals surface area contributed by atoms with Gasteiger partial charge in [-0.2, -0.15) is 0 Å². The molecule has 0 heterocycles. The van der Waals surface area contributed by atoms with E-state index in [2.05, 4.69) is 10.0 Å². The number of nitrogens with two attached hydrogens (primary N) is 1. The van der Waals surface area contributed by atoms with E-state index in [0.29, 0.717) is 29.2 Å². The molecule has 0 aliphatic carbocycles. The average Bonchev–Trinajstić information content (AvgIpc) is 2.71. The standard InChI is InChI=1S/C19H24N4O5S.ClH/c1-27-16-10-7-14(12-17(16)28-2)23-18(24)4-3-11-22-29(25,26)15-8-5-13(6-9-15)19(20)21;/h5-10,12,22H,3-4,11H2,1-2H3,(H3,20,21)(H,23,24);1H. The van der Waals surface area contributed by atoms with E-state index in [1.54, 1.807) is 18.2 Å². The van der Waals surface area contributed by atoms with Gasteiger partial charge >= 0.3 is 0 Å². The Morgan fingerprint density at radius 1 is 1.07 bits per heavy atom. The van der Waals surface area contributed by atoms with Gasteiger partial charge in [-0.05, 0) is 42.8 Å². The topological polar surface area (TPSA) is 144 Å². The van der Waals surface area contributed by atoms with Gasteiger partial charge in [0.2, 0.25) is 15.9 Å². The van der Waals surface area contributed by atoms with Crippen LogP contribution in [0.4, 0.5) is 5.69 Å². The van der Waals surface area contributed by atoms with Crippen LogP contribution in [-0.4, -0.2) is 40.9 Å². The molecule has 9 nitrogen and oxygen atoms in total. The molecule has 2 rings (SSSR count). The van der Waals surface area contributed by atoms with Gasteiger partial charge in [-0.1, -0.05) is 0 Å². The summed E-state index contributed by atoms with van der Waals surface area (Å²) in [5.41, 5.74) is 6.35. The first-order valence-electron chi connectivity index (χ1n) is 8.73. The molecule has 0 unspecified atom stereocenters. The van der Waals surface area contributed by atoms with Crippen molar-refractivity contribution in [1.82, 2.24) is 4.72 Å². The molecular formula is C19H25ClN4O5S. The highest BCUT2D eigenvalue weighted by Crippen LogP contribution is 2.29. The fourth-order valence-corrected chi connectivity index (χ4v) is 3.56. The number of amides is 1. The number of benzene rings is 2. The second kappa shape index (κ2) is 11.4. The summed E-state index contributed by atoms with van der Waals surface area (Å²) in [6.07, 6.45) is 0.462. The summed E-state index contributed by atoms with van der Waals surface area (Å²) >= 11 is 0. The van der Waals surface area contributed by atoms with Crippen LogP contribution in [0, 0.1) is 5.41 Å². The molecule has 11 heteroatoms. The summed E-state index contributed by atoms with van der Waals surface area (Å²) < 4.78 is 37.3. The lowest BCUT2D eigenvalue weighted by Crippen LogP contribution is -2.26. The third-order valence-electron chi connectivity index (χ3n) is 4.02. The third-order valence-corrected chi connectivity index (χ3v) is 5.49. The maximum atomic E-state index is 12.3. The summed E-state index contributed by atoms with van der Waals surface area (Å²) in [5, 5.41) is 10.1. The van der Waals surface area contributed by atoms with E-state index in [4.69, 9.17) is 20.6 Å². The van der Waals surface area contributed by atoms with Crippen molar-refractivity contribution in [3.8, 4) is 11.5 Å². The van der Waals surface area contributed by atoms with Crippen molar-refractivity contribution in [1.29, 1.82) is 5.41 Å². The normalized spacial score (nSPS) is 10.6. The minimum atomic E-state index is -3.70. The zero-order valence-corrected chi connectivity index (χ0v) is 18.2. The molecule has 0 fully saturated rings. The summed E-state index contributed by atoms with van der Waals surface area (Å²) in [5.74, 6) is 0.662. The largest absolute Gasteiger partial charge is 0.493 e. The first-order valence-corrected chi connectivity index (χ1v) is 10.2. The van der Waals surface area contributed by atoms with Gasteiger partial charge in [0, 0.05) is 30.3 Å². The smallest absolute Gasteiger partial charge is 0.240 e. The molecule has 0 aliphatic heterocycles. The number of hydrogen-bond acceptors (Lipinski definition) is 6. The van der Waals surface area contributed by atoms with Gasteiger partial charge in [-0.15, -0.1) is 12.4 Å². The van der Waals surface area contributed by atoms with Crippen LogP contribution in [0.2, 0.25) is 0 Å². The molecule has 0 radical (unpaired) electrons. The highest BCUT2D eigenvalue weighted by atomic mass is 35.5. The van der Waals surface area contributed by atoms with Crippen molar-refractivity contribution in [2.75, 3.05) is 26.1 Å². The zero-order valence-electron chi connectivity index (χ0n) is 16.6. The lowest BCUT2D eigenvalue weighted by molar-refractivity contribution is -0.116. The molecule has 164 valence electrons. The summed E-state index contributed by atoms with van der Waals surface area (Å²) in [6, 6.07) is 10.7. The zero-order chi connectivity index (χ0) is 21.4. The Hall–Kier alpha value is -2.82. The molecule has 0 saturated heterocycles. The van der Waals surface area contributed by atoms with Crippen molar-refractivity contribution in [2.45, 2.75) is 17.7 Å². The van der Waals surface area contributed by atoms with Gasteiger partial charge in [0.25, 0.3) is 0 Å². The van der Waals surface area contributed by atoms with Crippen molar-refractivity contribution >= 4 is 39.9 Å². The molecule has 30 heavy (non-hydrogen) atoms. The van der Waals surface area contributed by atoms with Gasteiger partial charge in [0.05, 0.1) is 19.1 Å². The maximum Gasteiger partial charge on any atom is 0.240 e. The number of sulfonamides is 1. The van der Waals surface area contributed by atoms with Crippen LogP contribution in [0.5, 0.6) is 11.5 Å². The highest BCUT2D eigenvalue weighted by molar-refractivity contribution is 7.89. The van der Waals surface area contributed by atoms with Crippen molar-refractivity contribution in [2.24, 2.45) is 5.73 Å². The number of carbonyl (C=O) groups excluding carboxylic acids is 1. The third kappa shape index (κ3) is 6.90. The molecule has 2 aromatic carbocycles. The fraction of sp³-hybridized carbons (Fsp3) is 0.263. The van der Waals surface area contributed by atoms with Crippen LogP contribution in [0.25, 0.3) is 0 Å². The minimum Gasteiger partial charge on any atom is -0.493 e. The van der Waals surface area contributed by atoms with Gasteiger partial charge in [0.1, 0.15) is 5.84 Å². The monoisotopic (exact) mass is 456 g/mol. The van der Waals surface area contributed by atoms with Crippen LogP contribution in [-0.2, 0) is 14.8 Å². The molecule has 0 atom stereocenters. The summed E-state index contributed by atoms with van der Waals surface area (Å²) in [4.78, 5) is 12.1. The lowest BCUT2D eigenvalue weighted by atomic mass is 10.2. The van der Waals surface area contributed by atoms with Crippen LogP contribution < -0.4 is 25.2 Å². The molecule has 0 aliphatic rings. The Labute approximate surface area is 181 Å². The molecule has 0 aromatic heterocycles. The number of halogens is 1. The molecule has 0 saturated carbocycles. The van der Waals surface area contributed by atoms with Crippen LogP contribution >= 0.6 is 12.4 Å². The van der Waals surface area contributed by atoms with E-state index >= 15 is 0 Å². The number of amidine groups is 1. The Morgan fingerprint density at radius 3 is 2.27 bits per heavy atom. The molecule has 5 N–H and O–H groups in total. The van der Waals surface area contributed by atoms with Gasteiger partial charge in [0.15, 0.2) is 11.5 Å². The van der Waals surface area contributed by atoms with E-state index < -0.39 is 10.0 Å². The van der Waals surface area contributed by atoms with Crippen molar-refractivity contribution in [3.05, 3.63) is 48.0 Å². The first-order chi connectivity index (χ1) is 13.8. The number of methoxy groups -OCH3 is 2. The van der Waals surface area contributed by atoms with Crippen LogP contribution in [0.15, 0.2) is 47.4 Å². The van der Waals surface area contributed by atoms with Crippen molar-refractivity contribution in [3.63, 3.8) is 0 Å². The Bertz CT molecular complexity index is 981. The molecular weight excluding hydrogens is 432 g/mol. The van der Waals surface area contributed by atoms with Gasteiger partial charge in [-0.3, -0.25) is 10.2 Å². The number of carbonyl (C=O) groups is 1. The molecule has 0 spiro atoms. The van der Waals surface area contributed by atoms with Crippen molar-refractivity contribution < 1.29 is 22.7 Å². The fourth-order valence-electron chi connectivity index (χ4n) is 2.49. The quantitative estimate of drug-likeness (QED) is 0.245. The van der Waals surface area contributed by atoms with E-state index in [1.165, 1.54) is 38.5 Å². The van der Waals surface area contributed by atoms with E-state index in [0.717, 1.165) is 0 Å². The number of hydrogen-bond donors (Lipinski definition) is 4. The lowest BCUT2D eigenvalue weighted by Gasteiger charge is -2.11. The minimum absolute atomic E-state index is 0. The number of rotatable bonds is 10. The Morgan fingerprint density at radius 2 is 1.70 bits per heavy atom. The summed E-state index contributed by atoms with van der Waals surface area (Å²) in [7, 11) is -0.674. The second-order valence-electron chi connectivity index (χ2n) is 6.06. The maximum absolute atomic E-state index is 12.3. The van der Waals surface area contributed by atoms with Gasteiger partial charge in [-0.25, -0.2) is 13.1 Å². The van der Waals surface area contributed by atoms with Crippen LogP contribution in [0.1, 0.15) is 18.4 Å². The van der Waals surface area contributed by atoms with E-state index in [-0.39, 0.29) is 42.0 Å². The molecule has 1 amide bonds. The van der Waals surface area contributed by atoms with Crippen LogP contribution in [0.3, 0.4) is 0 Å². The van der Waals surface area contributed by atoms with Gasteiger partial charge < -0.3 is 20.5 Å². The number of anilines is 1. The van der Waals surface area contributed by atoms with E-state index in [1.807, 2.05) is 0 Å². The number of ether oxygens (including phenoxy) is 2. The predicted molar refractivity (Wildman–Crippen MR) is 117 cm³/mol. The predicted octanol–water partition coefficient (Wildman–Crippen LogP) is 2.11. The van der Waals surface area contributed by atoms with E-state index in [9.17, 15) is 13.2 Å². The number of nitrogen functional groups attached to an aromatic ring is 1. The average molecular weight is 457 g/mol.